The van der Waals surface area contributed by atoms with Crippen molar-refractivity contribution in [2.75, 3.05) is 7.11 Å². The van der Waals surface area contributed by atoms with Crippen molar-refractivity contribution in [2.45, 2.75) is 6.61 Å². The molecule has 0 aliphatic heterocycles. The van der Waals surface area contributed by atoms with E-state index in [-0.39, 0.29) is 17.8 Å². The minimum absolute atomic E-state index is 0.0185. The van der Waals surface area contributed by atoms with E-state index < -0.39 is 5.97 Å². The van der Waals surface area contributed by atoms with Crippen LogP contribution < -0.4 is 14.9 Å². The second-order valence-electron chi connectivity index (χ2n) is 6.73. The molecule has 0 aliphatic carbocycles. The molecule has 32 heavy (non-hydrogen) atoms. The lowest BCUT2D eigenvalue weighted by Crippen LogP contribution is -2.05. The highest BCUT2D eigenvalue weighted by molar-refractivity contribution is 6.35. The van der Waals surface area contributed by atoms with Crippen LogP contribution in [0, 0.1) is 0 Å². The molecular formula is C24H16Cl2O6. The Labute approximate surface area is 192 Å². The lowest BCUT2D eigenvalue weighted by atomic mass is 10.2. The lowest BCUT2D eigenvalue weighted by Gasteiger charge is -2.09. The van der Waals surface area contributed by atoms with E-state index in [9.17, 15) is 9.59 Å². The fourth-order valence-corrected chi connectivity index (χ4v) is 3.42. The number of carbonyl (C=O) groups excluding carboxylic acids is 1. The zero-order chi connectivity index (χ0) is 22.7. The highest BCUT2D eigenvalue weighted by Crippen LogP contribution is 2.26. The van der Waals surface area contributed by atoms with Crippen molar-refractivity contribution >= 4 is 40.1 Å². The molecular weight excluding hydrogens is 455 g/mol. The van der Waals surface area contributed by atoms with Crippen LogP contribution in [0.1, 0.15) is 15.9 Å². The molecule has 0 atom stereocenters. The Kier molecular flexibility index (Phi) is 6.35. The number of rotatable bonds is 6. The molecule has 6 nitrogen and oxygen atoms in total. The molecule has 0 amide bonds. The van der Waals surface area contributed by atoms with Gasteiger partial charge in [-0.1, -0.05) is 29.3 Å². The van der Waals surface area contributed by atoms with Gasteiger partial charge in [0.25, 0.3) is 0 Å². The first-order valence-electron chi connectivity index (χ1n) is 9.43. The number of fused-ring (bicyclic) bond motifs is 1. The van der Waals surface area contributed by atoms with E-state index in [1.165, 1.54) is 13.4 Å². The molecule has 0 bridgehead atoms. The average molecular weight is 471 g/mol. The Morgan fingerprint density at radius 1 is 0.969 bits per heavy atom. The number of hydrogen-bond donors (Lipinski definition) is 0. The number of carbonyl (C=O) groups is 1. The van der Waals surface area contributed by atoms with E-state index in [4.69, 9.17) is 37.1 Å². The van der Waals surface area contributed by atoms with Crippen LogP contribution in [0.25, 0.3) is 11.0 Å². The second-order valence-corrected chi connectivity index (χ2v) is 7.57. The number of halogens is 2. The summed E-state index contributed by atoms with van der Waals surface area (Å²) in [6.45, 7) is 0.231. The fraction of sp³-hybridized carbons (Fsp3) is 0.0833. The van der Waals surface area contributed by atoms with Gasteiger partial charge in [-0.05, 0) is 48.5 Å². The molecule has 0 saturated heterocycles. The van der Waals surface area contributed by atoms with E-state index in [1.807, 2.05) is 0 Å². The Bertz CT molecular complexity index is 1350. The van der Waals surface area contributed by atoms with Crippen molar-refractivity contribution in [1.82, 2.24) is 0 Å². The first-order valence-corrected chi connectivity index (χ1v) is 10.2. The first kappa shape index (κ1) is 21.7. The minimum atomic E-state index is -0.460. The van der Waals surface area contributed by atoms with Gasteiger partial charge in [-0.3, -0.25) is 4.79 Å². The van der Waals surface area contributed by atoms with E-state index in [0.717, 1.165) is 5.56 Å². The van der Waals surface area contributed by atoms with Crippen molar-refractivity contribution in [3.05, 3.63) is 98.3 Å². The summed E-state index contributed by atoms with van der Waals surface area (Å²) in [5.41, 5.74) is 1.16. The first-order chi connectivity index (χ1) is 15.4. The predicted molar refractivity (Wildman–Crippen MR) is 121 cm³/mol. The van der Waals surface area contributed by atoms with Gasteiger partial charge >= 0.3 is 5.97 Å². The number of benzene rings is 3. The lowest BCUT2D eigenvalue weighted by molar-refractivity contribution is 0.0600. The van der Waals surface area contributed by atoms with E-state index >= 15 is 0 Å². The summed E-state index contributed by atoms with van der Waals surface area (Å²) in [6, 6.07) is 16.3. The van der Waals surface area contributed by atoms with Crippen molar-refractivity contribution in [3.8, 4) is 17.2 Å². The van der Waals surface area contributed by atoms with Crippen molar-refractivity contribution in [2.24, 2.45) is 0 Å². The Balaban J connectivity index is 1.52. The summed E-state index contributed by atoms with van der Waals surface area (Å²) in [6.07, 6.45) is 1.23. The van der Waals surface area contributed by atoms with Crippen LogP contribution in [0.15, 0.2) is 76.1 Å². The third-order valence-electron chi connectivity index (χ3n) is 4.63. The molecule has 4 aromatic rings. The average Bonchev–Trinajstić information content (AvgIpc) is 2.80. The smallest absolute Gasteiger partial charge is 0.337 e. The van der Waals surface area contributed by atoms with Gasteiger partial charge in [0.1, 0.15) is 30.0 Å². The van der Waals surface area contributed by atoms with Crippen LogP contribution in [0.5, 0.6) is 17.2 Å². The molecule has 0 unspecified atom stereocenters. The summed E-state index contributed by atoms with van der Waals surface area (Å²) >= 11 is 12.1. The molecule has 162 valence electrons. The van der Waals surface area contributed by atoms with Crippen LogP contribution in [0.2, 0.25) is 10.0 Å². The normalized spacial score (nSPS) is 10.7. The van der Waals surface area contributed by atoms with Crippen LogP contribution in [0.4, 0.5) is 0 Å². The van der Waals surface area contributed by atoms with Gasteiger partial charge in [-0.25, -0.2) is 4.79 Å². The Morgan fingerprint density at radius 3 is 2.44 bits per heavy atom. The molecule has 1 aromatic heterocycles. The maximum atomic E-state index is 12.8. The van der Waals surface area contributed by atoms with Gasteiger partial charge in [0.2, 0.25) is 11.2 Å². The van der Waals surface area contributed by atoms with Gasteiger partial charge in [0.05, 0.1) is 18.1 Å². The molecule has 3 aromatic carbocycles. The number of methoxy groups -OCH3 is 1. The molecule has 0 spiro atoms. The molecule has 8 heteroatoms. The third kappa shape index (κ3) is 4.72. The summed E-state index contributed by atoms with van der Waals surface area (Å²) in [7, 11) is 1.30. The van der Waals surface area contributed by atoms with Crippen molar-refractivity contribution in [1.29, 1.82) is 0 Å². The summed E-state index contributed by atoms with van der Waals surface area (Å²) in [5.74, 6) is 0.450. The largest absolute Gasteiger partial charge is 0.489 e. The maximum Gasteiger partial charge on any atom is 0.337 e. The van der Waals surface area contributed by atoms with E-state index in [2.05, 4.69) is 4.74 Å². The zero-order valence-electron chi connectivity index (χ0n) is 16.8. The summed E-state index contributed by atoms with van der Waals surface area (Å²) in [5, 5.41) is 1.39. The molecule has 0 aliphatic rings. The molecule has 0 N–H and O–H groups in total. The quantitative estimate of drug-likeness (QED) is 0.309. The van der Waals surface area contributed by atoms with Crippen molar-refractivity contribution in [3.63, 3.8) is 0 Å². The predicted octanol–water partition coefficient (Wildman–Crippen LogP) is 6.26. The number of hydrogen-bond acceptors (Lipinski definition) is 6. The fourth-order valence-electron chi connectivity index (χ4n) is 2.95. The topological polar surface area (TPSA) is 75.0 Å². The monoisotopic (exact) mass is 470 g/mol. The highest BCUT2D eigenvalue weighted by Gasteiger charge is 2.12. The zero-order valence-corrected chi connectivity index (χ0v) is 18.3. The van der Waals surface area contributed by atoms with E-state index in [1.54, 1.807) is 60.7 Å². The minimum Gasteiger partial charge on any atom is -0.489 e. The highest BCUT2D eigenvalue weighted by atomic mass is 35.5. The van der Waals surface area contributed by atoms with E-state index in [0.29, 0.717) is 38.1 Å². The van der Waals surface area contributed by atoms with Gasteiger partial charge in [0.15, 0.2) is 0 Å². The molecule has 0 radical (unpaired) electrons. The maximum absolute atomic E-state index is 12.8. The molecule has 0 saturated carbocycles. The van der Waals surface area contributed by atoms with Gasteiger partial charge in [-0.15, -0.1) is 0 Å². The van der Waals surface area contributed by atoms with Gasteiger partial charge in [-0.2, -0.15) is 0 Å². The van der Waals surface area contributed by atoms with Crippen LogP contribution in [0.3, 0.4) is 0 Å². The molecule has 4 rings (SSSR count). The van der Waals surface area contributed by atoms with Gasteiger partial charge in [0, 0.05) is 21.7 Å². The van der Waals surface area contributed by atoms with Crippen LogP contribution in [-0.4, -0.2) is 13.1 Å². The number of esters is 1. The number of ether oxygens (including phenoxy) is 3. The Morgan fingerprint density at radius 2 is 1.72 bits per heavy atom. The second kappa shape index (κ2) is 9.34. The molecule has 1 heterocycles. The van der Waals surface area contributed by atoms with Gasteiger partial charge < -0.3 is 18.6 Å². The SMILES string of the molecule is COC(=O)c1ccc(Oc2coc3cc(OCc4ccc(Cl)cc4Cl)ccc3c2=O)cc1. The standard InChI is InChI=1S/C24H16Cl2O6/c1-29-24(28)14-3-6-17(7-4-14)32-22-13-31-21-11-18(8-9-19(21)23(22)27)30-12-15-2-5-16(25)10-20(15)26/h2-11,13H,12H2,1H3. The Hall–Kier alpha value is -3.48. The summed E-state index contributed by atoms with van der Waals surface area (Å²) < 4.78 is 21.6. The van der Waals surface area contributed by atoms with Crippen molar-refractivity contribution < 1.29 is 23.4 Å². The van der Waals surface area contributed by atoms with Crippen LogP contribution >= 0.6 is 23.2 Å². The third-order valence-corrected chi connectivity index (χ3v) is 5.21. The summed E-state index contributed by atoms with van der Waals surface area (Å²) in [4.78, 5) is 24.3. The van der Waals surface area contributed by atoms with Crippen LogP contribution in [-0.2, 0) is 11.3 Å². The molecule has 0 fully saturated rings.